The van der Waals surface area contributed by atoms with Crippen molar-refractivity contribution in [3.63, 3.8) is 0 Å². The van der Waals surface area contributed by atoms with Gasteiger partial charge in [-0.05, 0) is 37.9 Å². The van der Waals surface area contributed by atoms with Crippen molar-refractivity contribution >= 4 is 0 Å². The number of hydrogen-bond donors (Lipinski definition) is 2. The molecular weight excluding hydrogens is 456 g/mol. The Morgan fingerprint density at radius 3 is 1.76 bits per heavy atom. The SMILES string of the molecule is CCCCCCCCCCCCCCCCCCOCC(O)CN1CCC(CN)(c2ccccc2)CC1. The smallest absolute Gasteiger partial charge is 0.0900 e. The number of nitrogens with two attached hydrogens (primary N) is 1. The third-order valence-corrected chi connectivity index (χ3v) is 8.51. The molecule has 1 aliphatic heterocycles. The van der Waals surface area contributed by atoms with Crippen molar-refractivity contribution in [2.24, 2.45) is 5.73 Å². The van der Waals surface area contributed by atoms with Crippen LogP contribution < -0.4 is 5.73 Å². The Balaban J connectivity index is 1.35. The summed E-state index contributed by atoms with van der Waals surface area (Å²) < 4.78 is 5.79. The van der Waals surface area contributed by atoms with Crippen LogP contribution in [0.5, 0.6) is 0 Å². The van der Waals surface area contributed by atoms with Crippen molar-refractivity contribution in [2.45, 2.75) is 134 Å². The Labute approximate surface area is 229 Å². The van der Waals surface area contributed by atoms with Gasteiger partial charge in [0.1, 0.15) is 0 Å². The van der Waals surface area contributed by atoms with Crippen LogP contribution in [0.15, 0.2) is 30.3 Å². The van der Waals surface area contributed by atoms with Crippen LogP contribution in [0.1, 0.15) is 128 Å². The van der Waals surface area contributed by atoms with Crippen LogP contribution in [0.3, 0.4) is 0 Å². The van der Waals surface area contributed by atoms with Crippen molar-refractivity contribution in [3.8, 4) is 0 Å². The van der Waals surface area contributed by atoms with Gasteiger partial charge in [-0.3, -0.25) is 0 Å². The summed E-state index contributed by atoms with van der Waals surface area (Å²) in [6.45, 7) is 6.89. The number of aliphatic hydroxyl groups is 1. The first kappa shape index (κ1) is 32.3. The molecule has 0 bridgehead atoms. The van der Waals surface area contributed by atoms with Gasteiger partial charge in [-0.25, -0.2) is 0 Å². The zero-order valence-corrected chi connectivity index (χ0v) is 24.3. The van der Waals surface area contributed by atoms with Gasteiger partial charge in [-0.15, -0.1) is 0 Å². The molecule has 3 N–H and O–H groups in total. The predicted octanol–water partition coefficient (Wildman–Crippen LogP) is 7.62. The Hall–Kier alpha value is -0.940. The standard InChI is InChI=1S/C33H60N2O2/c1-2-3-4-5-6-7-8-9-10-11-12-13-14-15-16-20-27-37-29-32(36)28-35-25-23-33(30-34,24-26-35)31-21-18-17-19-22-31/h17-19,21-22,32,36H,2-16,20,23-30,34H2,1H3. The van der Waals surface area contributed by atoms with Gasteiger partial charge in [0, 0.05) is 25.1 Å². The first-order chi connectivity index (χ1) is 18.2. The molecule has 0 saturated carbocycles. The van der Waals surface area contributed by atoms with E-state index in [-0.39, 0.29) is 5.41 Å². The van der Waals surface area contributed by atoms with E-state index in [1.807, 2.05) is 0 Å². The summed E-state index contributed by atoms with van der Waals surface area (Å²) in [6, 6.07) is 10.7. The molecule has 0 aromatic heterocycles. The highest BCUT2D eigenvalue weighted by Gasteiger charge is 2.35. The molecule has 37 heavy (non-hydrogen) atoms. The Morgan fingerprint density at radius 2 is 1.27 bits per heavy atom. The van der Waals surface area contributed by atoms with E-state index in [0.29, 0.717) is 19.7 Å². The van der Waals surface area contributed by atoms with E-state index < -0.39 is 6.10 Å². The van der Waals surface area contributed by atoms with Crippen molar-refractivity contribution in [2.75, 3.05) is 39.4 Å². The molecule has 4 heteroatoms. The zero-order valence-electron chi connectivity index (χ0n) is 24.3. The molecule has 1 unspecified atom stereocenters. The van der Waals surface area contributed by atoms with Crippen molar-refractivity contribution in [1.29, 1.82) is 0 Å². The van der Waals surface area contributed by atoms with Crippen LogP contribution in [0.25, 0.3) is 0 Å². The number of piperidine rings is 1. The fourth-order valence-corrected chi connectivity index (χ4v) is 5.89. The molecule has 0 aliphatic carbocycles. The van der Waals surface area contributed by atoms with Gasteiger partial charge < -0.3 is 20.5 Å². The highest BCUT2D eigenvalue weighted by molar-refractivity contribution is 5.26. The largest absolute Gasteiger partial charge is 0.389 e. The van der Waals surface area contributed by atoms with E-state index >= 15 is 0 Å². The quantitative estimate of drug-likeness (QED) is 0.147. The fourth-order valence-electron chi connectivity index (χ4n) is 5.89. The average Bonchev–Trinajstić information content (AvgIpc) is 2.93. The van der Waals surface area contributed by atoms with Gasteiger partial charge in [-0.2, -0.15) is 0 Å². The molecule has 1 aliphatic rings. The molecule has 2 rings (SSSR count). The zero-order chi connectivity index (χ0) is 26.4. The van der Waals surface area contributed by atoms with Crippen LogP contribution in [-0.4, -0.2) is 55.5 Å². The lowest BCUT2D eigenvalue weighted by Crippen LogP contribution is -2.48. The van der Waals surface area contributed by atoms with Gasteiger partial charge in [0.15, 0.2) is 0 Å². The van der Waals surface area contributed by atoms with Crippen LogP contribution in [0.2, 0.25) is 0 Å². The number of likely N-dealkylation sites (tertiary alicyclic amines) is 1. The second kappa shape index (κ2) is 21.0. The molecule has 1 aromatic carbocycles. The number of benzene rings is 1. The summed E-state index contributed by atoms with van der Waals surface area (Å²) >= 11 is 0. The summed E-state index contributed by atoms with van der Waals surface area (Å²) in [4.78, 5) is 2.37. The van der Waals surface area contributed by atoms with Gasteiger partial charge in [0.25, 0.3) is 0 Å². The monoisotopic (exact) mass is 516 g/mol. The molecule has 1 saturated heterocycles. The molecule has 1 atom stereocenters. The third-order valence-electron chi connectivity index (χ3n) is 8.51. The number of ether oxygens (including phenoxy) is 1. The maximum absolute atomic E-state index is 10.4. The molecule has 0 radical (unpaired) electrons. The summed E-state index contributed by atoms with van der Waals surface area (Å²) in [5.41, 5.74) is 7.66. The summed E-state index contributed by atoms with van der Waals surface area (Å²) in [7, 11) is 0. The minimum atomic E-state index is -0.400. The molecule has 1 heterocycles. The van der Waals surface area contributed by atoms with Crippen LogP contribution in [0.4, 0.5) is 0 Å². The lowest BCUT2D eigenvalue weighted by molar-refractivity contribution is 0.00805. The van der Waals surface area contributed by atoms with Crippen LogP contribution in [0, 0.1) is 0 Å². The fraction of sp³-hybridized carbons (Fsp3) is 0.818. The predicted molar refractivity (Wildman–Crippen MR) is 159 cm³/mol. The highest BCUT2D eigenvalue weighted by Crippen LogP contribution is 2.34. The number of hydrogen-bond acceptors (Lipinski definition) is 4. The lowest BCUT2D eigenvalue weighted by Gasteiger charge is -2.42. The Bertz CT molecular complexity index is 630. The first-order valence-corrected chi connectivity index (χ1v) is 15.9. The van der Waals surface area contributed by atoms with Gasteiger partial charge in [-0.1, -0.05) is 134 Å². The minimum Gasteiger partial charge on any atom is -0.389 e. The van der Waals surface area contributed by atoms with Crippen LogP contribution in [-0.2, 0) is 10.2 Å². The summed E-state index contributed by atoms with van der Waals surface area (Å²) in [6.07, 6.45) is 23.9. The summed E-state index contributed by atoms with van der Waals surface area (Å²) in [5, 5.41) is 10.4. The van der Waals surface area contributed by atoms with Crippen molar-refractivity contribution < 1.29 is 9.84 Å². The Morgan fingerprint density at radius 1 is 0.784 bits per heavy atom. The van der Waals surface area contributed by atoms with Gasteiger partial charge in [0.05, 0.1) is 12.7 Å². The van der Waals surface area contributed by atoms with Crippen molar-refractivity contribution in [1.82, 2.24) is 4.90 Å². The average molecular weight is 517 g/mol. The minimum absolute atomic E-state index is 0.0897. The first-order valence-electron chi connectivity index (χ1n) is 15.9. The number of aliphatic hydroxyl groups excluding tert-OH is 1. The van der Waals surface area contributed by atoms with Crippen LogP contribution >= 0.6 is 0 Å². The highest BCUT2D eigenvalue weighted by atomic mass is 16.5. The van der Waals surface area contributed by atoms with E-state index in [9.17, 15) is 5.11 Å². The van der Waals surface area contributed by atoms with Gasteiger partial charge >= 0.3 is 0 Å². The number of nitrogens with zero attached hydrogens (tertiary/aromatic N) is 1. The maximum Gasteiger partial charge on any atom is 0.0900 e. The molecule has 0 spiro atoms. The van der Waals surface area contributed by atoms with E-state index in [1.165, 1.54) is 102 Å². The molecule has 214 valence electrons. The molecule has 0 amide bonds. The van der Waals surface area contributed by atoms with Gasteiger partial charge in [0.2, 0.25) is 0 Å². The molecule has 1 aromatic rings. The number of unbranched alkanes of at least 4 members (excludes halogenated alkanes) is 15. The number of β-amino-alcohol motifs (C(OH)–C–C–N with tert-alkyl or cyclic N) is 1. The normalized spacial score (nSPS) is 16.7. The van der Waals surface area contributed by atoms with E-state index in [2.05, 4.69) is 42.2 Å². The molecule has 1 fully saturated rings. The van der Waals surface area contributed by atoms with E-state index in [4.69, 9.17) is 10.5 Å². The second-order valence-corrected chi connectivity index (χ2v) is 11.7. The Kier molecular flexibility index (Phi) is 18.3. The topological polar surface area (TPSA) is 58.7 Å². The summed E-state index contributed by atoms with van der Waals surface area (Å²) in [5.74, 6) is 0. The molecule has 4 nitrogen and oxygen atoms in total. The second-order valence-electron chi connectivity index (χ2n) is 11.7. The third kappa shape index (κ3) is 14.1. The maximum atomic E-state index is 10.4. The van der Waals surface area contributed by atoms with E-state index in [1.54, 1.807) is 0 Å². The van der Waals surface area contributed by atoms with Crippen molar-refractivity contribution in [3.05, 3.63) is 35.9 Å². The van der Waals surface area contributed by atoms with E-state index in [0.717, 1.165) is 39.0 Å². The molecular formula is C33H60N2O2. The number of rotatable bonds is 23. The lowest BCUT2D eigenvalue weighted by atomic mass is 9.73.